The van der Waals surface area contributed by atoms with E-state index in [9.17, 15) is 19.8 Å². The van der Waals surface area contributed by atoms with E-state index in [0.29, 0.717) is 19.5 Å². The van der Waals surface area contributed by atoms with Crippen molar-refractivity contribution >= 4 is 17.9 Å². The number of hydrogen-bond acceptors (Lipinski definition) is 7. The molecule has 4 N–H and O–H groups in total. The van der Waals surface area contributed by atoms with Gasteiger partial charge in [-0.15, -0.1) is 0 Å². The van der Waals surface area contributed by atoms with Gasteiger partial charge in [-0.25, -0.2) is 14.6 Å². The van der Waals surface area contributed by atoms with Gasteiger partial charge in [0.2, 0.25) is 0 Å². The third-order valence-electron chi connectivity index (χ3n) is 5.87. The fraction of sp³-hybridized carbons (Fsp3) is 0.731. The number of carbonyl (C=O) groups is 2. The number of nitrogens with zero attached hydrogens (tertiary/aromatic N) is 2. The Morgan fingerprint density at radius 1 is 1.17 bits per heavy atom. The molecule has 1 aromatic heterocycles. The highest BCUT2D eigenvalue weighted by atomic mass is 16.6. The number of aromatic nitrogens is 1. The van der Waals surface area contributed by atoms with Crippen LogP contribution in [-0.4, -0.2) is 75.6 Å². The SMILES string of the molecule is CC(C)(O)CCN(CCCCc1ccc2c(n1)NCCC2)CC[C@H](NC(=O)OC(C)(C)C)C(=O)O. The van der Waals surface area contributed by atoms with Gasteiger partial charge < -0.3 is 30.5 Å². The molecule has 0 saturated heterocycles. The number of aliphatic carboxylic acids is 1. The Morgan fingerprint density at radius 3 is 2.57 bits per heavy atom. The number of nitrogens with one attached hydrogen (secondary N) is 2. The Balaban J connectivity index is 1.87. The van der Waals surface area contributed by atoms with Crippen molar-refractivity contribution in [1.29, 1.82) is 0 Å². The lowest BCUT2D eigenvalue weighted by Crippen LogP contribution is -2.45. The number of rotatable bonds is 13. The molecule has 2 rings (SSSR count). The first-order valence-electron chi connectivity index (χ1n) is 12.7. The maximum absolute atomic E-state index is 12.1. The standard InChI is InChI=1S/C26H44N4O5/c1-25(2,3)35-24(33)29-21(23(31)32)13-17-30(18-14-26(4,5)34)16-7-6-10-20-12-11-19-9-8-15-27-22(19)28-20/h11-12,21,34H,6-10,13-18H2,1-5H3,(H,27,28)(H,29,33)(H,31,32)/t21-/m0/s1. The summed E-state index contributed by atoms with van der Waals surface area (Å²) in [5, 5.41) is 25.6. The molecule has 0 unspecified atom stereocenters. The number of carbonyl (C=O) groups excluding carboxylic acids is 1. The highest BCUT2D eigenvalue weighted by Crippen LogP contribution is 2.20. The van der Waals surface area contributed by atoms with Crippen LogP contribution in [0.25, 0.3) is 0 Å². The molecule has 0 fully saturated rings. The van der Waals surface area contributed by atoms with E-state index in [-0.39, 0.29) is 6.42 Å². The van der Waals surface area contributed by atoms with Gasteiger partial charge in [-0.05, 0) is 97.7 Å². The number of fused-ring (bicyclic) bond motifs is 1. The monoisotopic (exact) mass is 492 g/mol. The molecule has 1 aliphatic heterocycles. The summed E-state index contributed by atoms with van der Waals surface area (Å²) in [6.07, 6.45) is 5.07. The largest absolute Gasteiger partial charge is 0.480 e. The van der Waals surface area contributed by atoms with Gasteiger partial charge in [0, 0.05) is 25.3 Å². The van der Waals surface area contributed by atoms with Crippen LogP contribution in [0.2, 0.25) is 0 Å². The van der Waals surface area contributed by atoms with E-state index in [1.807, 2.05) is 0 Å². The topological polar surface area (TPSA) is 124 Å². The van der Waals surface area contributed by atoms with Crippen LogP contribution in [0.4, 0.5) is 10.6 Å². The van der Waals surface area contributed by atoms with E-state index < -0.39 is 29.3 Å². The summed E-state index contributed by atoms with van der Waals surface area (Å²) >= 11 is 0. The second kappa shape index (κ2) is 13.1. The first-order valence-corrected chi connectivity index (χ1v) is 12.7. The van der Waals surface area contributed by atoms with Crippen molar-refractivity contribution in [2.75, 3.05) is 31.5 Å². The third-order valence-corrected chi connectivity index (χ3v) is 5.87. The highest BCUT2D eigenvalue weighted by molar-refractivity contribution is 5.80. The van der Waals surface area contributed by atoms with Gasteiger partial charge in [0.15, 0.2) is 0 Å². The van der Waals surface area contributed by atoms with Crippen molar-refractivity contribution < 1.29 is 24.5 Å². The first kappa shape index (κ1) is 28.8. The minimum Gasteiger partial charge on any atom is -0.480 e. The number of unbranched alkanes of at least 4 members (excludes halogenated alkanes) is 1. The van der Waals surface area contributed by atoms with Gasteiger partial charge in [-0.2, -0.15) is 0 Å². The minimum atomic E-state index is -1.09. The molecule has 0 bridgehead atoms. The van der Waals surface area contributed by atoms with Crippen molar-refractivity contribution in [3.63, 3.8) is 0 Å². The fourth-order valence-electron chi connectivity index (χ4n) is 3.94. The Morgan fingerprint density at radius 2 is 1.91 bits per heavy atom. The van der Waals surface area contributed by atoms with Crippen LogP contribution in [0.3, 0.4) is 0 Å². The molecule has 1 aliphatic rings. The Bertz CT molecular complexity index is 832. The van der Waals surface area contributed by atoms with E-state index in [1.165, 1.54) is 5.56 Å². The Hall–Kier alpha value is -2.39. The van der Waals surface area contributed by atoms with E-state index in [4.69, 9.17) is 9.72 Å². The molecule has 9 nitrogen and oxygen atoms in total. The number of alkyl carbamates (subject to hydrolysis) is 1. The zero-order valence-electron chi connectivity index (χ0n) is 22.0. The molecule has 2 heterocycles. The predicted octanol–water partition coefficient (Wildman–Crippen LogP) is 3.59. The zero-order valence-corrected chi connectivity index (χ0v) is 22.0. The first-order chi connectivity index (χ1) is 16.3. The number of hydrogen-bond donors (Lipinski definition) is 4. The van der Waals surface area contributed by atoms with Crippen LogP contribution in [0, 0.1) is 0 Å². The number of aliphatic hydroxyl groups is 1. The smallest absolute Gasteiger partial charge is 0.408 e. The van der Waals surface area contributed by atoms with Crippen molar-refractivity contribution in [1.82, 2.24) is 15.2 Å². The molecule has 9 heteroatoms. The molecule has 1 amide bonds. The lowest BCUT2D eigenvalue weighted by atomic mass is 10.0. The minimum absolute atomic E-state index is 0.248. The molecule has 35 heavy (non-hydrogen) atoms. The number of carboxylic acids is 1. The molecule has 1 aromatic rings. The molecule has 1 atom stereocenters. The maximum Gasteiger partial charge on any atom is 0.408 e. The summed E-state index contributed by atoms with van der Waals surface area (Å²) in [4.78, 5) is 30.7. The average Bonchev–Trinajstić information content (AvgIpc) is 2.74. The molecular formula is C26H44N4O5. The Kier molecular flexibility index (Phi) is 10.8. The molecule has 0 aromatic carbocycles. The number of carboxylic acid groups (broad SMARTS) is 1. The van der Waals surface area contributed by atoms with Crippen molar-refractivity contribution in [3.8, 4) is 0 Å². The summed E-state index contributed by atoms with van der Waals surface area (Å²) in [6, 6.07) is 3.24. The lowest BCUT2D eigenvalue weighted by molar-refractivity contribution is -0.139. The van der Waals surface area contributed by atoms with Crippen LogP contribution in [0.15, 0.2) is 12.1 Å². The van der Waals surface area contributed by atoms with Gasteiger partial charge in [0.1, 0.15) is 17.5 Å². The molecule has 0 saturated carbocycles. The summed E-state index contributed by atoms with van der Waals surface area (Å²) in [5.74, 6) is -0.0804. The summed E-state index contributed by atoms with van der Waals surface area (Å²) in [6.45, 7) is 11.6. The normalized spacial score (nSPS) is 14.7. The van der Waals surface area contributed by atoms with Crippen molar-refractivity contribution in [2.45, 2.75) is 96.8 Å². The van der Waals surface area contributed by atoms with Gasteiger partial charge in [-0.3, -0.25) is 0 Å². The van der Waals surface area contributed by atoms with Crippen LogP contribution in [-0.2, 0) is 22.4 Å². The number of pyridine rings is 1. The van der Waals surface area contributed by atoms with Crippen molar-refractivity contribution in [3.05, 3.63) is 23.4 Å². The van der Waals surface area contributed by atoms with Crippen molar-refractivity contribution in [2.24, 2.45) is 0 Å². The van der Waals surface area contributed by atoms with E-state index in [0.717, 1.165) is 56.7 Å². The second-order valence-electron chi connectivity index (χ2n) is 11.0. The average molecular weight is 493 g/mol. The molecule has 0 aliphatic carbocycles. The quantitative estimate of drug-likeness (QED) is 0.308. The van der Waals surface area contributed by atoms with E-state index >= 15 is 0 Å². The van der Waals surface area contributed by atoms with Gasteiger partial charge in [0.25, 0.3) is 0 Å². The molecule has 0 radical (unpaired) electrons. The third kappa shape index (κ3) is 11.7. The number of ether oxygens (including phenoxy) is 1. The number of anilines is 1. The lowest BCUT2D eigenvalue weighted by Gasteiger charge is -2.28. The van der Waals surface area contributed by atoms with Crippen LogP contribution >= 0.6 is 0 Å². The highest BCUT2D eigenvalue weighted by Gasteiger charge is 2.25. The van der Waals surface area contributed by atoms with Crippen LogP contribution in [0.1, 0.15) is 78.0 Å². The Labute approximate surface area is 209 Å². The summed E-state index contributed by atoms with van der Waals surface area (Å²) in [5.41, 5.74) is 0.855. The maximum atomic E-state index is 12.1. The summed E-state index contributed by atoms with van der Waals surface area (Å²) < 4.78 is 5.20. The summed E-state index contributed by atoms with van der Waals surface area (Å²) in [7, 11) is 0. The van der Waals surface area contributed by atoms with Gasteiger partial charge >= 0.3 is 12.1 Å². The van der Waals surface area contributed by atoms with Crippen LogP contribution in [0.5, 0.6) is 0 Å². The van der Waals surface area contributed by atoms with Gasteiger partial charge in [0.05, 0.1) is 5.60 Å². The molecule has 0 spiro atoms. The number of amides is 1. The van der Waals surface area contributed by atoms with Gasteiger partial charge in [-0.1, -0.05) is 6.07 Å². The molecule has 198 valence electrons. The molecular weight excluding hydrogens is 448 g/mol. The number of aryl methyl sites for hydroxylation is 2. The fourth-order valence-corrected chi connectivity index (χ4v) is 3.94. The van der Waals surface area contributed by atoms with E-state index in [1.54, 1.807) is 34.6 Å². The zero-order chi connectivity index (χ0) is 26.1. The van der Waals surface area contributed by atoms with E-state index in [2.05, 4.69) is 27.7 Å². The predicted molar refractivity (Wildman–Crippen MR) is 137 cm³/mol. The van der Waals surface area contributed by atoms with Crippen LogP contribution < -0.4 is 10.6 Å². The second-order valence-corrected chi connectivity index (χ2v) is 11.0.